The Morgan fingerprint density at radius 1 is 1.22 bits per heavy atom. The number of aldehydes is 1. The Kier molecular flexibility index (Phi) is 5.52. The van der Waals surface area contributed by atoms with Gasteiger partial charge in [0.25, 0.3) is 5.91 Å². The van der Waals surface area contributed by atoms with Gasteiger partial charge < -0.3 is 10.1 Å². The molecule has 0 aliphatic heterocycles. The summed E-state index contributed by atoms with van der Waals surface area (Å²) in [7, 11) is 0. The normalized spacial score (nSPS) is 11.6. The molecule has 4 heteroatoms. The van der Waals surface area contributed by atoms with Crippen molar-refractivity contribution in [1.82, 2.24) is 0 Å². The summed E-state index contributed by atoms with van der Waals surface area (Å²) >= 11 is 0. The van der Waals surface area contributed by atoms with Crippen molar-refractivity contribution in [2.45, 2.75) is 33.3 Å². The molecule has 23 heavy (non-hydrogen) atoms. The third kappa shape index (κ3) is 4.19. The van der Waals surface area contributed by atoms with Crippen LogP contribution in [0.25, 0.3) is 0 Å². The molecule has 0 aliphatic rings. The van der Waals surface area contributed by atoms with Gasteiger partial charge >= 0.3 is 0 Å². The third-order valence-corrected chi connectivity index (χ3v) is 3.69. The smallest absolute Gasteiger partial charge is 0.265 e. The largest absolute Gasteiger partial charge is 0.481 e. The number of para-hydroxylation sites is 1. The molecule has 4 nitrogen and oxygen atoms in total. The summed E-state index contributed by atoms with van der Waals surface area (Å²) in [6, 6.07) is 12.6. The molecule has 1 N–H and O–H groups in total. The first kappa shape index (κ1) is 16.7. The summed E-state index contributed by atoms with van der Waals surface area (Å²) in [5.41, 5.74) is 3.55. The summed E-state index contributed by atoms with van der Waals surface area (Å²) in [6.45, 7) is 5.73. The Hall–Kier alpha value is -2.62. The number of hydrogen-bond acceptors (Lipinski definition) is 3. The van der Waals surface area contributed by atoms with Crippen LogP contribution >= 0.6 is 0 Å². The van der Waals surface area contributed by atoms with E-state index in [0.717, 1.165) is 29.5 Å². The molecule has 0 heterocycles. The fourth-order valence-electron chi connectivity index (χ4n) is 2.31. The Morgan fingerprint density at radius 3 is 2.52 bits per heavy atom. The highest BCUT2D eigenvalue weighted by atomic mass is 16.5. The molecule has 0 spiro atoms. The molecule has 0 saturated carbocycles. The maximum absolute atomic E-state index is 12.4. The van der Waals surface area contributed by atoms with Crippen LogP contribution in [0, 0.1) is 6.92 Å². The Labute approximate surface area is 136 Å². The highest BCUT2D eigenvalue weighted by Crippen LogP contribution is 2.22. The molecule has 2 aromatic rings. The number of aryl methyl sites for hydroxylation is 2. The topological polar surface area (TPSA) is 55.4 Å². The zero-order valence-corrected chi connectivity index (χ0v) is 13.6. The average molecular weight is 311 g/mol. The molecule has 0 saturated heterocycles. The highest BCUT2D eigenvalue weighted by molar-refractivity contribution is 5.95. The molecule has 1 amide bonds. The van der Waals surface area contributed by atoms with Crippen LogP contribution in [0.2, 0.25) is 0 Å². The van der Waals surface area contributed by atoms with Crippen molar-refractivity contribution in [2.24, 2.45) is 0 Å². The van der Waals surface area contributed by atoms with Crippen molar-refractivity contribution in [3.8, 4) is 5.75 Å². The molecule has 1 unspecified atom stereocenters. The van der Waals surface area contributed by atoms with E-state index in [-0.39, 0.29) is 5.91 Å². The van der Waals surface area contributed by atoms with E-state index in [0.29, 0.717) is 11.3 Å². The first-order valence-electron chi connectivity index (χ1n) is 7.66. The summed E-state index contributed by atoms with van der Waals surface area (Å²) in [6.07, 6.45) is 0.978. The van der Waals surface area contributed by atoms with E-state index in [2.05, 4.69) is 12.2 Å². The van der Waals surface area contributed by atoms with Gasteiger partial charge in [-0.2, -0.15) is 0 Å². The van der Waals surface area contributed by atoms with E-state index in [9.17, 15) is 9.59 Å². The van der Waals surface area contributed by atoms with Crippen LogP contribution in [0.5, 0.6) is 5.75 Å². The van der Waals surface area contributed by atoms with E-state index in [1.54, 1.807) is 31.2 Å². The van der Waals surface area contributed by atoms with Gasteiger partial charge in [-0.05, 0) is 55.7 Å². The minimum absolute atomic E-state index is 0.200. The van der Waals surface area contributed by atoms with Gasteiger partial charge in [0.1, 0.15) is 12.0 Å². The van der Waals surface area contributed by atoms with Crippen LogP contribution in [-0.4, -0.2) is 18.3 Å². The lowest BCUT2D eigenvalue weighted by Crippen LogP contribution is -2.30. The molecule has 0 aromatic heterocycles. The Balaban J connectivity index is 2.06. The number of nitrogens with one attached hydrogen (secondary N) is 1. The van der Waals surface area contributed by atoms with Gasteiger partial charge in [-0.1, -0.05) is 25.1 Å². The molecule has 2 rings (SSSR count). The first-order chi connectivity index (χ1) is 11.0. The summed E-state index contributed by atoms with van der Waals surface area (Å²) in [4.78, 5) is 23.0. The first-order valence-corrected chi connectivity index (χ1v) is 7.66. The highest BCUT2D eigenvalue weighted by Gasteiger charge is 2.17. The number of anilines is 1. The lowest BCUT2D eigenvalue weighted by atomic mass is 10.1. The van der Waals surface area contributed by atoms with Crippen LogP contribution in [0.3, 0.4) is 0 Å². The van der Waals surface area contributed by atoms with Crippen molar-refractivity contribution in [3.05, 3.63) is 59.2 Å². The van der Waals surface area contributed by atoms with Crippen LogP contribution in [-0.2, 0) is 11.2 Å². The zero-order valence-electron chi connectivity index (χ0n) is 13.6. The fraction of sp³-hybridized carbons (Fsp3) is 0.263. The van der Waals surface area contributed by atoms with Crippen LogP contribution in [0.15, 0.2) is 42.5 Å². The fourth-order valence-corrected chi connectivity index (χ4v) is 2.31. The molecule has 0 bridgehead atoms. The maximum Gasteiger partial charge on any atom is 0.265 e. The lowest BCUT2D eigenvalue weighted by molar-refractivity contribution is -0.122. The summed E-state index contributed by atoms with van der Waals surface area (Å²) in [5, 5.41) is 2.95. The number of rotatable bonds is 6. The maximum atomic E-state index is 12.4. The lowest BCUT2D eigenvalue weighted by Gasteiger charge is -2.17. The second-order valence-electron chi connectivity index (χ2n) is 5.40. The monoisotopic (exact) mass is 311 g/mol. The van der Waals surface area contributed by atoms with Crippen molar-refractivity contribution in [3.63, 3.8) is 0 Å². The van der Waals surface area contributed by atoms with E-state index in [1.165, 1.54) is 0 Å². The van der Waals surface area contributed by atoms with Crippen molar-refractivity contribution in [2.75, 3.05) is 5.32 Å². The number of amides is 1. The number of carbonyl (C=O) groups excluding carboxylic acids is 2. The second kappa shape index (κ2) is 7.58. The van der Waals surface area contributed by atoms with Gasteiger partial charge in [-0.15, -0.1) is 0 Å². The summed E-state index contributed by atoms with van der Waals surface area (Å²) in [5.74, 6) is 0.354. The molecular formula is C19H21NO3. The van der Waals surface area contributed by atoms with Crippen molar-refractivity contribution in [1.29, 1.82) is 0 Å². The van der Waals surface area contributed by atoms with Crippen LogP contribution in [0.1, 0.15) is 35.3 Å². The molecular weight excluding hydrogens is 290 g/mol. The number of ether oxygens (including phenoxy) is 1. The second-order valence-corrected chi connectivity index (χ2v) is 5.40. The summed E-state index contributed by atoms with van der Waals surface area (Å²) < 4.78 is 5.63. The number of hydrogen-bond donors (Lipinski definition) is 1. The molecule has 2 aromatic carbocycles. The molecule has 120 valence electrons. The van der Waals surface area contributed by atoms with E-state index >= 15 is 0 Å². The van der Waals surface area contributed by atoms with E-state index < -0.39 is 6.10 Å². The van der Waals surface area contributed by atoms with Gasteiger partial charge in [-0.25, -0.2) is 0 Å². The molecule has 1 atom stereocenters. The Bertz CT molecular complexity index is 692. The Morgan fingerprint density at radius 2 is 1.91 bits per heavy atom. The minimum atomic E-state index is -0.638. The molecule has 0 fully saturated rings. The van der Waals surface area contributed by atoms with Gasteiger partial charge in [0, 0.05) is 11.3 Å². The molecule has 0 aliphatic carbocycles. The van der Waals surface area contributed by atoms with E-state index in [1.807, 2.05) is 25.1 Å². The van der Waals surface area contributed by atoms with Gasteiger partial charge in [0.2, 0.25) is 0 Å². The predicted molar refractivity (Wildman–Crippen MR) is 91.1 cm³/mol. The van der Waals surface area contributed by atoms with E-state index in [4.69, 9.17) is 4.74 Å². The van der Waals surface area contributed by atoms with Gasteiger partial charge in [-0.3, -0.25) is 9.59 Å². The predicted octanol–water partition coefficient (Wildman–Crippen LogP) is 3.78. The quantitative estimate of drug-likeness (QED) is 0.826. The van der Waals surface area contributed by atoms with Gasteiger partial charge in [0.15, 0.2) is 6.10 Å². The average Bonchev–Trinajstić information content (AvgIpc) is 2.57. The minimum Gasteiger partial charge on any atom is -0.481 e. The van der Waals surface area contributed by atoms with Gasteiger partial charge in [0.05, 0.1) is 0 Å². The van der Waals surface area contributed by atoms with Crippen molar-refractivity contribution >= 4 is 17.9 Å². The SMILES string of the molecule is CCc1cccc(C)c1NC(=O)C(C)Oc1ccc(C=O)cc1. The number of carbonyl (C=O) groups is 2. The molecule has 0 radical (unpaired) electrons. The third-order valence-electron chi connectivity index (χ3n) is 3.69. The van der Waals surface area contributed by atoms with Crippen LogP contribution < -0.4 is 10.1 Å². The standard InChI is InChI=1S/C19H21NO3/c1-4-16-7-5-6-13(2)18(16)20-19(22)14(3)23-17-10-8-15(12-21)9-11-17/h5-12,14H,4H2,1-3H3,(H,20,22). The number of benzene rings is 2. The van der Waals surface area contributed by atoms with Crippen LogP contribution in [0.4, 0.5) is 5.69 Å². The zero-order chi connectivity index (χ0) is 16.8. The van der Waals surface area contributed by atoms with Crippen molar-refractivity contribution < 1.29 is 14.3 Å².